The zero-order chi connectivity index (χ0) is 11.4. The first-order valence-electron chi connectivity index (χ1n) is 5.07. The molecule has 2 aromatic rings. The number of ether oxygens (including phenoxy) is 1. The minimum absolute atomic E-state index is 0.0286. The maximum Gasteiger partial charge on any atom is 0.134 e. The minimum atomic E-state index is -0.0286. The van der Waals surface area contributed by atoms with Crippen LogP contribution in [0.3, 0.4) is 0 Å². The van der Waals surface area contributed by atoms with Crippen molar-refractivity contribution in [2.75, 3.05) is 7.11 Å². The second-order valence-electron chi connectivity index (χ2n) is 3.53. The van der Waals surface area contributed by atoms with Gasteiger partial charge in [-0.2, -0.15) is 0 Å². The molecular weight excluding hydrogens is 220 g/mol. The van der Waals surface area contributed by atoms with Crippen LogP contribution in [0.15, 0.2) is 36.0 Å². The number of hydrogen-bond donors (Lipinski definition) is 1. The van der Waals surface area contributed by atoms with Gasteiger partial charge in [-0.05, 0) is 29.5 Å². The maximum atomic E-state index is 6.15. The van der Waals surface area contributed by atoms with Crippen molar-refractivity contribution in [3.05, 3.63) is 46.4 Å². The summed E-state index contributed by atoms with van der Waals surface area (Å²) in [5.74, 6) is 0.876. The van der Waals surface area contributed by atoms with Crippen LogP contribution >= 0.6 is 11.3 Å². The fraction of sp³-hybridized carbons (Fsp3) is 0.250. The predicted octanol–water partition coefficient (Wildman–Crippen LogP) is 2.39. The molecule has 0 saturated heterocycles. The van der Waals surface area contributed by atoms with E-state index >= 15 is 0 Å². The van der Waals surface area contributed by atoms with Gasteiger partial charge < -0.3 is 10.5 Å². The van der Waals surface area contributed by atoms with E-state index in [9.17, 15) is 0 Å². The van der Waals surface area contributed by atoms with E-state index in [0.717, 1.165) is 22.6 Å². The molecule has 16 heavy (non-hydrogen) atoms. The average molecular weight is 234 g/mol. The third-order valence-electron chi connectivity index (χ3n) is 2.39. The molecular formula is C12H14N2OS. The lowest BCUT2D eigenvalue weighted by atomic mass is 10.1. The lowest BCUT2D eigenvalue weighted by Crippen LogP contribution is -2.12. The van der Waals surface area contributed by atoms with E-state index in [4.69, 9.17) is 10.5 Å². The number of methoxy groups -OCH3 is 1. The van der Waals surface area contributed by atoms with Gasteiger partial charge in [0.25, 0.3) is 0 Å². The lowest BCUT2D eigenvalue weighted by Gasteiger charge is -2.11. The van der Waals surface area contributed by atoms with E-state index in [0.29, 0.717) is 0 Å². The van der Waals surface area contributed by atoms with Gasteiger partial charge in [-0.1, -0.05) is 6.07 Å². The van der Waals surface area contributed by atoms with Gasteiger partial charge in [0, 0.05) is 18.4 Å². The Morgan fingerprint density at radius 3 is 3.06 bits per heavy atom. The maximum absolute atomic E-state index is 6.15. The Morgan fingerprint density at radius 2 is 2.38 bits per heavy atom. The quantitative estimate of drug-likeness (QED) is 0.883. The highest BCUT2D eigenvalue weighted by molar-refractivity contribution is 7.10. The summed E-state index contributed by atoms with van der Waals surface area (Å²) in [7, 11) is 1.67. The first-order valence-corrected chi connectivity index (χ1v) is 5.95. The highest BCUT2D eigenvalue weighted by Crippen LogP contribution is 2.31. The number of aromatic nitrogens is 1. The van der Waals surface area contributed by atoms with E-state index in [-0.39, 0.29) is 6.04 Å². The van der Waals surface area contributed by atoms with Crippen LogP contribution in [-0.4, -0.2) is 12.1 Å². The molecule has 2 rings (SSSR count). The van der Waals surface area contributed by atoms with Gasteiger partial charge in [-0.15, -0.1) is 11.3 Å². The van der Waals surface area contributed by atoms with Crippen molar-refractivity contribution in [3.8, 4) is 5.75 Å². The summed E-state index contributed by atoms with van der Waals surface area (Å²) in [5, 5.41) is 2.00. The number of rotatable bonds is 4. The number of hydrogen-bond acceptors (Lipinski definition) is 4. The summed E-state index contributed by atoms with van der Waals surface area (Å²) in [4.78, 5) is 5.17. The average Bonchev–Trinajstić information content (AvgIpc) is 2.78. The summed E-state index contributed by atoms with van der Waals surface area (Å²) in [6, 6.07) is 5.88. The van der Waals surface area contributed by atoms with Crippen molar-refractivity contribution in [3.63, 3.8) is 0 Å². The molecule has 4 heteroatoms. The van der Waals surface area contributed by atoms with Gasteiger partial charge in [0.15, 0.2) is 0 Å². The lowest BCUT2D eigenvalue weighted by molar-refractivity contribution is 0.409. The third kappa shape index (κ3) is 2.40. The first-order chi connectivity index (χ1) is 7.81. The van der Waals surface area contributed by atoms with Gasteiger partial charge in [-0.3, -0.25) is 4.98 Å². The van der Waals surface area contributed by atoms with Gasteiger partial charge in [0.05, 0.1) is 12.0 Å². The molecule has 2 N–H and O–H groups in total. The number of thiophene rings is 1. The van der Waals surface area contributed by atoms with Gasteiger partial charge in [-0.25, -0.2) is 0 Å². The Morgan fingerprint density at radius 1 is 1.50 bits per heavy atom. The monoisotopic (exact) mass is 234 g/mol. The molecule has 0 bridgehead atoms. The second-order valence-corrected chi connectivity index (χ2v) is 4.47. The largest absolute Gasteiger partial charge is 0.496 e. The molecule has 84 valence electrons. The number of pyridine rings is 1. The van der Waals surface area contributed by atoms with Crippen molar-refractivity contribution in [1.82, 2.24) is 4.98 Å². The second kappa shape index (κ2) is 5.09. The Kier molecular flexibility index (Phi) is 3.54. The van der Waals surface area contributed by atoms with Crippen LogP contribution in [0.1, 0.15) is 16.5 Å². The fourth-order valence-corrected chi connectivity index (χ4v) is 2.48. The molecule has 0 amide bonds. The highest BCUT2D eigenvalue weighted by atomic mass is 32.1. The summed E-state index contributed by atoms with van der Waals surface area (Å²) >= 11 is 1.63. The normalized spacial score (nSPS) is 12.4. The smallest absolute Gasteiger partial charge is 0.134 e. The highest BCUT2D eigenvalue weighted by Gasteiger charge is 2.13. The summed E-state index contributed by atoms with van der Waals surface area (Å²) < 4.78 is 5.26. The fourth-order valence-electron chi connectivity index (χ4n) is 1.61. The van der Waals surface area contributed by atoms with Crippen LogP contribution in [0.4, 0.5) is 0 Å². The topological polar surface area (TPSA) is 48.1 Å². The van der Waals surface area contributed by atoms with Crippen LogP contribution in [-0.2, 0) is 6.42 Å². The third-order valence-corrected chi connectivity index (χ3v) is 3.42. The molecule has 2 heterocycles. The Balaban J connectivity index is 2.11. The van der Waals surface area contributed by atoms with E-state index in [1.165, 1.54) is 0 Å². The van der Waals surface area contributed by atoms with Crippen LogP contribution < -0.4 is 10.5 Å². The number of nitrogens with zero attached hydrogens (tertiary/aromatic N) is 1. The first kappa shape index (κ1) is 11.1. The van der Waals surface area contributed by atoms with E-state index in [2.05, 4.69) is 4.98 Å². The molecule has 2 aromatic heterocycles. The molecule has 0 aliphatic heterocycles. The molecule has 0 saturated carbocycles. The summed E-state index contributed by atoms with van der Waals surface area (Å²) in [6.45, 7) is 0. The van der Waals surface area contributed by atoms with Crippen LogP contribution in [0.25, 0.3) is 0 Å². The Hall–Kier alpha value is -1.39. The van der Waals surface area contributed by atoms with Gasteiger partial charge in [0.1, 0.15) is 5.75 Å². The Bertz CT molecular complexity index is 441. The molecule has 1 unspecified atom stereocenters. The molecule has 0 aliphatic carbocycles. The SMILES string of the molecule is COc1ccsc1C(N)Cc1cccnc1. The van der Waals surface area contributed by atoms with E-state index < -0.39 is 0 Å². The van der Waals surface area contributed by atoms with Crippen molar-refractivity contribution in [2.45, 2.75) is 12.5 Å². The molecule has 0 fully saturated rings. The predicted molar refractivity (Wildman–Crippen MR) is 65.7 cm³/mol. The van der Waals surface area contributed by atoms with Crippen molar-refractivity contribution in [1.29, 1.82) is 0 Å². The van der Waals surface area contributed by atoms with E-state index in [1.54, 1.807) is 24.6 Å². The summed E-state index contributed by atoms with van der Waals surface area (Å²) in [5.41, 5.74) is 7.29. The molecule has 3 nitrogen and oxygen atoms in total. The minimum Gasteiger partial charge on any atom is -0.496 e. The van der Waals surface area contributed by atoms with Gasteiger partial charge >= 0.3 is 0 Å². The van der Waals surface area contributed by atoms with Crippen molar-refractivity contribution >= 4 is 11.3 Å². The number of nitrogens with two attached hydrogens (primary N) is 1. The van der Waals surface area contributed by atoms with Crippen LogP contribution in [0, 0.1) is 0 Å². The van der Waals surface area contributed by atoms with E-state index in [1.807, 2.05) is 29.8 Å². The molecule has 0 aromatic carbocycles. The zero-order valence-corrected chi connectivity index (χ0v) is 9.91. The van der Waals surface area contributed by atoms with Crippen LogP contribution in [0.2, 0.25) is 0 Å². The van der Waals surface area contributed by atoms with Crippen molar-refractivity contribution < 1.29 is 4.74 Å². The molecule has 0 aliphatic rings. The standard InChI is InChI=1S/C12H14N2OS/c1-15-11-4-6-16-12(11)10(13)7-9-3-2-5-14-8-9/h2-6,8,10H,7,13H2,1H3. The van der Waals surface area contributed by atoms with Crippen LogP contribution in [0.5, 0.6) is 5.75 Å². The van der Waals surface area contributed by atoms with Crippen molar-refractivity contribution in [2.24, 2.45) is 5.73 Å². The molecule has 0 spiro atoms. The molecule has 1 atom stereocenters. The Labute approximate surface area is 98.9 Å². The summed E-state index contributed by atoms with van der Waals surface area (Å²) in [6.07, 6.45) is 4.39. The van der Waals surface area contributed by atoms with Gasteiger partial charge in [0.2, 0.25) is 0 Å². The molecule has 0 radical (unpaired) electrons. The zero-order valence-electron chi connectivity index (χ0n) is 9.09.